The van der Waals surface area contributed by atoms with Gasteiger partial charge in [0, 0.05) is 37.8 Å². The van der Waals surface area contributed by atoms with Gasteiger partial charge in [0.05, 0.1) is 5.92 Å². The second-order valence-electron chi connectivity index (χ2n) is 6.98. The van der Waals surface area contributed by atoms with E-state index in [9.17, 15) is 9.18 Å². The fourth-order valence-corrected chi connectivity index (χ4v) is 3.70. The number of hydrogen-bond acceptors (Lipinski definition) is 5. The van der Waals surface area contributed by atoms with Gasteiger partial charge in [0.2, 0.25) is 5.89 Å². The van der Waals surface area contributed by atoms with Crippen molar-refractivity contribution in [2.45, 2.75) is 37.5 Å². The first-order chi connectivity index (χ1) is 12.7. The summed E-state index contributed by atoms with van der Waals surface area (Å²) in [6, 6.07) is 5.82. The van der Waals surface area contributed by atoms with Crippen LogP contribution in [0.5, 0.6) is 0 Å². The average Bonchev–Trinajstić information content (AvgIpc) is 3.18. The molecule has 1 aromatic heterocycles. The summed E-state index contributed by atoms with van der Waals surface area (Å²) in [4.78, 5) is 19.0. The largest absolute Gasteiger partial charge is 0.381 e. The number of ether oxygens (including phenoxy) is 1. The molecule has 0 bridgehead atoms. The number of likely N-dealkylation sites (tertiary alicyclic amines) is 1. The minimum Gasteiger partial charge on any atom is -0.381 e. The van der Waals surface area contributed by atoms with Crippen LogP contribution in [-0.4, -0.2) is 47.3 Å². The molecule has 0 spiro atoms. The predicted octanol–water partition coefficient (Wildman–Crippen LogP) is 3.12. The number of piperidine rings is 1. The minimum atomic E-state index is -0.401. The van der Waals surface area contributed by atoms with E-state index in [0.29, 0.717) is 24.5 Å². The fourth-order valence-electron chi connectivity index (χ4n) is 3.70. The molecular weight excluding hydrogens is 337 g/mol. The van der Waals surface area contributed by atoms with Gasteiger partial charge in [-0.15, -0.1) is 0 Å². The molecule has 2 aliphatic rings. The van der Waals surface area contributed by atoms with Gasteiger partial charge in [0.25, 0.3) is 5.91 Å². The van der Waals surface area contributed by atoms with E-state index in [4.69, 9.17) is 9.26 Å². The van der Waals surface area contributed by atoms with Gasteiger partial charge in [-0.05, 0) is 43.9 Å². The molecule has 7 heteroatoms. The first-order valence-electron chi connectivity index (χ1n) is 9.17. The maximum atomic E-state index is 13.4. The Balaban J connectivity index is 1.45. The lowest BCUT2D eigenvalue weighted by molar-refractivity contribution is 0.0695. The third-order valence-electron chi connectivity index (χ3n) is 5.17. The standard InChI is InChI=1S/C19H22FN3O3/c20-16-5-1-3-14(11-16)19(24)23-8-2-4-15(12-23)18-21-17(22-26-18)13-6-9-25-10-7-13/h1,3,5,11,13,15H,2,4,6-10,12H2. The van der Waals surface area contributed by atoms with Crippen LogP contribution in [0.3, 0.4) is 0 Å². The highest BCUT2D eigenvalue weighted by molar-refractivity contribution is 5.94. The van der Waals surface area contributed by atoms with E-state index < -0.39 is 5.82 Å². The molecule has 6 nitrogen and oxygen atoms in total. The van der Waals surface area contributed by atoms with Crippen LogP contribution >= 0.6 is 0 Å². The molecule has 3 heterocycles. The molecule has 0 radical (unpaired) electrons. The number of nitrogens with zero attached hydrogens (tertiary/aromatic N) is 3. The third kappa shape index (κ3) is 3.62. The summed E-state index contributed by atoms with van der Waals surface area (Å²) in [7, 11) is 0. The number of carbonyl (C=O) groups is 1. The van der Waals surface area contributed by atoms with Gasteiger partial charge in [-0.25, -0.2) is 4.39 Å². The van der Waals surface area contributed by atoms with Gasteiger partial charge in [0.15, 0.2) is 5.82 Å². The Kier molecular flexibility index (Phi) is 4.97. The number of amides is 1. The minimum absolute atomic E-state index is 0.0300. The van der Waals surface area contributed by atoms with Crippen LogP contribution in [-0.2, 0) is 4.74 Å². The molecule has 2 aliphatic heterocycles. The number of rotatable bonds is 3. The lowest BCUT2D eigenvalue weighted by Gasteiger charge is -2.31. The quantitative estimate of drug-likeness (QED) is 0.842. The van der Waals surface area contributed by atoms with Gasteiger partial charge >= 0.3 is 0 Å². The first kappa shape index (κ1) is 17.1. The molecular formula is C19H22FN3O3. The maximum absolute atomic E-state index is 13.4. The zero-order chi connectivity index (χ0) is 17.9. The topological polar surface area (TPSA) is 68.5 Å². The zero-order valence-electron chi connectivity index (χ0n) is 14.6. The Bertz CT molecular complexity index is 773. The van der Waals surface area contributed by atoms with E-state index in [1.165, 1.54) is 12.1 Å². The third-order valence-corrected chi connectivity index (χ3v) is 5.17. The smallest absolute Gasteiger partial charge is 0.253 e. The Morgan fingerprint density at radius 3 is 2.85 bits per heavy atom. The summed E-state index contributed by atoms with van der Waals surface area (Å²) in [6.07, 6.45) is 3.59. The Morgan fingerprint density at radius 1 is 1.19 bits per heavy atom. The van der Waals surface area contributed by atoms with E-state index in [1.807, 2.05) is 0 Å². The van der Waals surface area contributed by atoms with Crippen LogP contribution in [0.1, 0.15) is 59.6 Å². The van der Waals surface area contributed by atoms with Gasteiger partial charge in [-0.1, -0.05) is 11.2 Å². The molecule has 26 heavy (non-hydrogen) atoms. The summed E-state index contributed by atoms with van der Waals surface area (Å²) in [5.74, 6) is 1.11. The normalized spacial score (nSPS) is 21.7. The van der Waals surface area contributed by atoms with E-state index in [0.717, 1.165) is 44.7 Å². The molecule has 0 N–H and O–H groups in total. The van der Waals surface area contributed by atoms with Crippen molar-refractivity contribution < 1.29 is 18.4 Å². The summed E-state index contributed by atoms with van der Waals surface area (Å²) in [5.41, 5.74) is 0.374. The van der Waals surface area contributed by atoms with Crippen molar-refractivity contribution in [3.8, 4) is 0 Å². The highest BCUT2D eigenvalue weighted by Gasteiger charge is 2.30. The van der Waals surface area contributed by atoms with E-state index in [-0.39, 0.29) is 17.7 Å². The van der Waals surface area contributed by atoms with Crippen molar-refractivity contribution in [1.29, 1.82) is 0 Å². The second kappa shape index (κ2) is 7.53. The predicted molar refractivity (Wildman–Crippen MR) is 91.4 cm³/mol. The van der Waals surface area contributed by atoms with Crippen LogP contribution in [0.25, 0.3) is 0 Å². The van der Waals surface area contributed by atoms with Crippen LogP contribution in [0.2, 0.25) is 0 Å². The lowest BCUT2D eigenvalue weighted by Crippen LogP contribution is -2.39. The van der Waals surface area contributed by atoms with Gasteiger partial charge in [-0.3, -0.25) is 4.79 Å². The van der Waals surface area contributed by atoms with Crippen molar-refractivity contribution >= 4 is 5.91 Å². The Morgan fingerprint density at radius 2 is 2.04 bits per heavy atom. The molecule has 0 aliphatic carbocycles. The molecule has 1 amide bonds. The maximum Gasteiger partial charge on any atom is 0.253 e. The molecule has 1 unspecified atom stereocenters. The molecule has 2 fully saturated rings. The van der Waals surface area contributed by atoms with Crippen molar-refractivity contribution in [3.05, 3.63) is 47.4 Å². The lowest BCUT2D eigenvalue weighted by atomic mass is 9.96. The van der Waals surface area contributed by atoms with Crippen molar-refractivity contribution in [1.82, 2.24) is 15.0 Å². The number of hydrogen-bond donors (Lipinski definition) is 0. The van der Waals surface area contributed by atoms with Gasteiger partial charge in [0.1, 0.15) is 5.82 Å². The summed E-state index contributed by atoms with van der Waals surface area (Å²) in [6.45, 7) is 2.64. The highest BCUT2D eigenvalue weighted by atomic mass is 19.1. The summed E-state index contributed by atoms with van der Waals surface area (Å²) < 4.78 is 24.3. The van der Waals surface area contributed by atoms with E-state index >= 15 is 0 Å². The fraction of sp³-hybridized carbons (Fsp3) is 0.526. The van der Waals surface area contributed by atoms with Crippen LogP contribution in [0.4, 0.5) is 4.39 Å². The summed E-state index contributed by atoms with van der Waals surface area (Å²) in [5, 5.41) is 4.16. The molecule has 0 saturated carbocycles. The van der Waals surface area contributed by atoms with Crippen LogP contribution in [0.15, 0.2) is 28.8 Å². The van der Waals surface area contributed by atoms with Crippen molar-refractivity contribution in [2.24, 2.45) is 0 Å². The van der Waals surface area contributed by atoms with Gasteiger partial charge in [-0.2, -0.15) is 4.98 Å². The Labute approximate surface area is 151 Å². The number of benzene rings is 1. The number of carbonyl (C=O) groups excluding carboxylic acids is 1. The van der Waals surface area contributed by atoms with Crippen molar-refractivity contribution in [2.75, 3.05) is 26.3 Å². The van der Waals surface area contributed by atoms with Crippen LogP contribution < -0.4 is 0 Å². The monoisotopic (exact) mass is 359 g/mol. The molecule has 138 valence electrons. The van der Waals surface area contributed by atoms with E-state index in [2.05, 4.69) is 10.1 Å². The Hall–Kier alpha value is -2.28. The SMILES string of the molecule is O=C(c1cccc(F)c1)N1CCCC(c2nc(C3CCOCC3)no2)C1. The van der Waals surface area contributed by atoms with Crippen molar-refractivity contribution in [3.63, 3.8) is 0 Å². The van der Waals surface area contributed by atoms with Crippen LogP contribution in [0, 0.1) is 5.82 Å². The molecule has 2 aromatic rings. The highest BCUT2D eigenvalue weighted by Crippen LogP contribution is 2.30. The average molecular weight is 359 g/mol. The molecule has 1 atom stereocenters. The molecule has 1 aromatic carbocycles. The number of aromatic nitrogens is 2. The molecule has 2 saturated heterocycles. The molecule has 4 rings (SSSR count). The summed E-state index contributed by atoms with van der Waals surface area (Å²) >= 11 is 0. The zero-order valence-corrected chi connectivity index (χ0v) is 14.6. The second-order valence-corrected chi connectivity index (χ2v) is 6.98. The number of halogens is 1. The van der Waals surface area contributed by atoms with Gasteiger partial charge < -0.3 is 14.2 Å². The van der Waals surface area contributed by atoms with E-state index in [1.54, 1.807) is 17.0 Å². The first-order valence-corrected chi connectivity index (χ1v) is 9.17.